The van der Waals surface area contributed by atoms with E-state index in [2.05, 4.69) is 37.3 Å². The lowest BCUT2D eigenvalue weighted by atomic mass is 10.1. The fourth-order valence-corrected chi connectivity index (χ4v) is 2.61. The molecule has 0 radical (unpaired) electrons. The molecule has 1 fully saturated rings. The van der Waals surface area contributed by atoms with Crippen LogP contribution in [-0.2, 0) is 0 Å². The Kier molecular flexibility index (Phi) is 2.74. The Morgan fingerprint density at radius 2 is 2.15 bits per heavy atom. The average Bonchev–Trinajstić information content (AvgIpc) is 2.61. The van der Waals surface area contributed by atoms with Gasteiger partial charge in [-0.25, -0.2) is 0 Å². The molecule has 0 aromatic heterocycles. The highest BCUT2D eigenvalue weighted by molar-refractivity contribution is 8.03. The van der Waals surface area contributed by atoms with E-state index in [0.717, 1.165) is 0 Å². The van der Waals surface area contributed by atoms with Crippen molar-refractivity contribution in [3.63, 3.8) is 0 Å². The average molecular weight is 190 g/mol. The quantitative estimate of drug-likeness (QED) is 0.648. The molecule has 0 saturated carbocycles. The molecule has 0 spiro atoms. The van der Waals surface area contributed by atoms with E-state index >= 15 is 0 Å². The Morgan fingerprint density at radius 1 is 1.31 bits per heavy atom. The van der Waals surface area contributed by atoms with E-state index in [0.29, 0.717) is 0 Å². The lowest BCUT2D eigenvalue weighted by Gasteiger charge is -2.00. The molecule has 1 aromatic rings. The van der Waals surface area contributed by atoms with E-state index in [9.17, 15) is 0 Å². The number of hydrogen-bond donors (Lipinski definition) is 0. The van der Waals surface area contributed by atoms with Gasteiger partial charge in [0.25, 0.3) is 0 Å². The lowest BCUT2D eigenvalue weighted by Crippen LogP contribution is -1.79. The highest BCUT2D eigenvalue weighted by Crippen LogP contribution is 2.32. The van der Waals surface area contributed by atoms with Gasteiger partial charge in [-0.1, -0.05) is 24.3 Å². The molecule has 0 N–H and O–H groups in total. The van der Waals surface area contributed by atoms with Crippen molar-refractivity contribution in [1.82, 2.24) is 0 Å². The molecule has 0 atom stereocenters. The van der Waals surface area contributed by atoms with Crippen molar-refractivity contribution in [2.75, 3.05) is 5.75 Å². The number of allylic oxidation sites excluding steroid dienone is 1. The smallest absolute Gasteiger partial charge is 0.00199 e. The number of aryl methyl sites for hydroxylation is 1. The van der Waals surface area contributed by atoms with E-state index in [1.807, 2.05) is 11.8 Å². The number of benzene rings is 1. The standard InChI is InChI=1S/C12H14S/c1-10-5-2-3-6-11(10)9-12-7-4-8-13-12/h2-3,5-6,9H,4,7-8H2,1H3. The van der Waals surface area contributed by atoms with E-state index in [-0.39, 0.29) is 0 Å². The zero-order valence-corrected chi connectivity index (χ0v) is 8.73. The molecular formula is C12H14S. The zero-order valence-electron chi connectivity index (χ0n) is 7.92. The van der Waals surface area contributed by atoms with Crippen LogP contribution in [0, 0.1) is 6.92 Å². The first-order chi connectivity index (χ1) is 6.36. The van der Waals surface area contributed by atoms with Gasteiger partial charge in [-0.2, -0.15) is 0 Å². The van der Waals surface area contributed by atoms with Gasteiger partial charge in [0.1, 0.15) is 0 Å². The van der Waals surface area contributed by atoms with Gasteiger partial charge in [0.15, 0.2) is 0 Å². The molecule has 0 aliphatic carbocycles. The van der Waals surface area contributed by atoms with Crippen LogP contribution in [0.5, 0.6) is 0 Å². The van der Waals surface area contributed by atoms with Gasteiger partial charge in [-0.3, -0.25) is 0 Å². The van der Waals surface area contributed by atoms with E-state index in [1.54, 1.807) is 4.91 Å². The van der Waals surface area contributed by atoms with Gasteiger partial charge in [0.2, 0.25) is 0 Å². The van der Waals surface area contributed by atoms with Crippen LogP contribution in [0.4, 0.5) is 0 Å². The molecule has 68 valence electrons. The Morgan fingerprint density at radius 3 is 2.85 bits per heavy atom. The molecule has 13 heavy (non-hydrogen) atoms. The lowest BCUT2D eigenvalue weighted by molar-refractivity contribution is 0.999. The van der Waals surface area contributed by atoms with Crippen LogP contribution < -0.4 is 0 Å². The van der Waals surface area contributed by atoms with Crippen LogP contribution in [0.3, 0.4) is 0 Å². The maximum absolute atomic E-state index is 2.34. The van der Waals surface area contributed by atoms with Crippen molar-refractivity contribution in [2.24, 2.45) is 0 Å². The molecule has 0 unspecified atom stereocenters. The van der Waals surface area contributed by atoms with Crippen LogP contribution >= 0.6 is 11.8 Å². The Balaban J connectivity index is 2.25. The third kappa shape index (κ3) is 2.16. The first-order valence-corrected chi connectivity index (χ1v) is 5.74. The number of rotatable bonds is 1. The third-order valence-corrected chi connectivity index (χ3v) is 3.55. The Labute approximate surface area is 84.0 Å². The molecule has 0 bridgehead atoms. The van der Waals surface area contributed by atoms with Crippen molar-refractivity contribution in [2.45, 2.75) is 19.8 Å². The summed E-state index contributed by atoms with van der Waals surface area (Å²) >= 11 is 2.01. The highest BCUT2D eigenvalue weighted by Gasteiger charge is 2.06. The summed E-state index contributed by atoms with van der Waals surface area (Å²) < 4.78 is 0. The van der Waals surface area contributed by atoms with Crippen molar-refractivity contribution in [3.05, 3.63) is 40.3 Å². The van der Waals surface area contributed by atoms with Gasteiger partial charge >= 0.3 is 0 Å². The molecule has 0 amide bonds. The molecule has 0 nitrogen and oxygen atoms in total. The molecule has 1 saturated heterocycles. The van der Waals surface area contributed by atoms with Gasteiger partial charge in [0.05, 0.1) is 0 Å². The molecular weight excluding hydrogens is 176 g/mol. The van der Waals surface area contributed by atoms with Crippen LogP contribution in [-0.4, -0.2) is 5.75 Å². The van der Waals surface area contributed by atoms with E-state index in [4.69, 9.17) is 0 Å². The summed E-state index contributed by atoms with van der Waals surface area (Å²) in [5.74, 6) is 1.30. The molecule has 2 rings (SSSR count). The maximum atomic E-state index is 2.34. The SMILES string of the molecule is Cc1ccccc1C=C1CCCS1. The first kappa shape index (κ1) is 8.89. The second-order valence-corrected chi connectivity index (χ2v) is 4.64. The largest absolute Gasteiger partial charge is 0.131 e. The van der Waals surface area contributed by atoms with Crippen LogP contribution in [0.2, 0.25) is 0 Å². The maximum Gasteiger partial charge on any atom is -0.00199 e. The van der Waals surface area contributed by atoms with Crippen molar-refractivity contribution in [1.29, 1.82) is 0 Å². The van der Waals surface area contributed by atoms with Crippen LogP contribution in [0.1, 0.15) is 24.0 Å². The second kappa shape index (κ2) is 4.01. The predicted molar refractivity (Wildman–Crippen MR) is 60.8 cm³/mol. The highest BCUT2D eigenvalue weighted by atomic mass is 32.2. The van der Waals surface area contributed by atoms with Crippen LogP contribution in [0.25, 0.3) is 6.08 Å². The molecule has 1 heteroatoms. The minimum absolute atomic E-state index is 1.28. The Bertz CT molecular complexity index is 318. The van der Waals surface area contributed by atoms with Crippen molar-refractivity contribution in [3.8, 4) is 0 Å². The number of thioether (sulfide) groups is 1. The fraction of sp³-hybridized carbons (Fsp3) is 0.333. The molecule has 1 aliphatic heterocycles. The molecule has 1 heterocycles. The first-order valence-electron chi connectivity index (χ1n) is 4.75. The normalized spacial score (nSPS) is 19.6. The van der Waals surface area contributed by atoms with Crippen molar-refractivity contribution >= 4 is 17.8 Å². The molecule has 1 aromatic carbocycles. The van der Waals surface area contributed by atoms with Gasteiger partial charge in [-0.05, 0) is 47.6 Å². The summed E-state index contributed by atoms with van der Waals surface area (Å²) in [6, 6.07) is 8.57. The summed E-state index contributed by atoms with van der Waals surface area (Å²) in [6.45, 7) is 2.17. The summed E-state index contributed by atoms with van der Waals surface area (Å²) in [6.07, 6.45) is 4.97. The summed E-state index contributed by atoms with van der Waals surface area (Å²) in [7, 11) is 0. The summed E-state index contributed by atoms with van der Waals surface area (Å²) in [5, 5.41) is 0. The summed E-state index contributed by atoms with van der Waals surface area (Å²) in [4.78, 5) is 1.55. The minimum atomic E-state index is 1.28. The topological polar surface area (TPSA) is 0 Å². The van der Waals surface area contributed by atoms with E-state index in [1.165, 1.54) is 29.7 Å². The Hall–Kier alpha value is -0.690. The minimum Gasteiger partial charge on any atom is -0.131 e. The summed E-state index contributed by atoms with van der Waals surface area (Å²) in [5.41, 5.74) is 2.76. The van der Waals surface area contributed by atoms with Crippen molar-refractivity contribution < 1.29 is 0 Å². The second-order valence-electron chi connectivity index (χ2n) is 3.42. The third-order valence-electron chi connectivity index (χ3n) is 2.36. The van der Waals surface area contributed by atoms with E-state index < -0.39 is 0 Å². The zero-order chi connectivity index (χ0) is 9.10. The fourth-order valence-electron chi connectivity index (χ4n) is 1.56. The van der Waals surface area contributed by atoms with Crippen LogP contribution in [0.15, 0.2) is 29.2 Å². The van der Waals surface area contributed by atoms with Gasteiger partial charge in [0, 0.05) is 0 Å². The monoisotopic (exact) mass is 190 g/mol. The molecule has 1 aliphatic rings. The van der Waals surface area contributed by atoms with Gasteiger partial charge in [-0.15, -0.1) is 11.8 Å². The predicted octanol–water partition coefficient (Wildman–Crippen LogP) is 3.86. The van der Waals surface area contributed by atoms with Gasteiger partial charge < -0.3 is 0 Å². The number of hydrogen-bond acceptors (Lipinski definition) is 1.